The average Bonchev–Trinajstić information content (AvgIpc) is 3.51. The largest absolute Gasteiger partial charge is 0.490 e. The van der Waals surface area contributed by atoms with Gasteiger partial charge in [0, 0.05) is 39.9 Å². The molecule has 2 aromatic heterocycles. The van der Waals surface area contributed by atoms with Crippen molar-refractivity contribution in [1.29, 1.82) is 0 Å². The van der Waals surface area contributed by atoms with Crippen LogP contribution in [0.1, 0.15) is 42.3 Å². The Morgan fingerprint density at radius 2 is 1.76 bits per heavy atom. The minimum Gasteiger partial charge on any atom is -0.490 e. The molecule has 0 saturated heterocycles. The number of esters is 1. The Bertz CT molecular complexity index is 2140. The van der Waals surface area contributed by atoms with E-state index < -0.39 is 12.0 Å². The van der Waals surface area contributed by atoms with Crippen LogP contribution in [-0.4, -0.2) is 35.4 Å². The van der Waals surface area contributed by atoms with Crippen molar-refractivity contribution in [1.82, 2.24) is 9.13 Å². The van der Waals surface area contributed by atoms with Gasteiger partial charge < -0.3 is 18.8 Å². The number of rotatable bonds is 9. The molecule has 0 spiro atoms. The molecule has 45 heavy (non-hydrogen) atoms. The van der Waals surface area contributed by atoms with Gasteiger partial charge in [0.25, 0.3) is 5.56 Å². The second-order valence-electron chi connectivity index (χ2n) is 10.4. The summed E-state index contributed by atoms with van der Waals surface area (Å²) in [7, 11) is 1.32. The number of nitrogens with zero attached hydrogens (tertiary/aromatic N) is 3. The highest BCUT2D eigenvalue weighted by molar-refractivity contribution is 7.07. The summed E-state index contributed by atoms with van der Waals surface area (Å²) >= 11 is 7.81. The van der Waals surface area contributed by atoms with Crippen molar-refractivity contribution < 1.29 is 19.0 Å². The fraction of sp³-hybridized carbons (Fsp3) is 0.229. The van der Waals surface area contributed by atoms with E-state index in [0.717, 1.165) is 27.7 Å². The van der Waals surface area contributed by atoms with Crippen molar-refractivity contribution in [3.05, 3.63) is 126 Å². The fourth-order valence-corrected chi connectivity index (χ4v) is 6.91. The molecule has 5 aromatic rings. The third-order valence-corrected chi connectivity index (χ3v) is 9.22. The van der Waals surface area contributed by atoms with Crippen LogP contribution < -0.4 is 24.4 Å². The van der Waals surface area contributed by atoms with Gasteiger partial charge in [-0.1, -0.05) is 65.4 Å². The summed E-state index contributed by atoms with van der Waals surface area (Å²) in [5.41, 5.74) is 4.65. The third kappa shape index (κ3) is 5.58. The van der Waals surface area contributed by atoms with Crippen molar-refractivity contribution in [2.24, 2.45) is 4.99 Å². The third-order valence-electron chi connectivity index (χ3n) is 7.85. The minimum atomic E-state index is -0.770. The number of hydrogen-bond donors (Lipinski definition) is 0. The smallest absolute Gasteiger partial charge is 0.337 e. The van der Waals surface area contributed by atoms with Crippen molar-refractivity contribution in [3.8, 4) is 11.5 Å². The van der Waals surface area contributed by atoms with Gasteiger partial charge in [-0.3, -0.25) is 9.36 Å². The summed E-state index contributed by atoms with van der Waals surface area (Å²) < 4.78 is 21.0. The van der Waals surface area contributed by atoms with Crippen LogP contribution in [0.3, 0.4) is 0 Å². The zero-order valence-electron chi connectivity index (χ0n) is 25.4. The van der Waals surface area contributed by atoms with Gasteiger partial charge in [-0.2, -0.15) is 0 Å². The standard InChI is InChI=1S/C35H32ClN3O5S/c1-5-43-29-16-15-22(17-30(29)44-6-2)32-26(34(41)42-4)19-37-35-39(32)33(40)31(45-35)18-25-21(3)38(28-14-10-8-12-24(25)28)20-23-11-7-9-13-27(23)36/h7-19,32H,5-6,20H2,1-4H3/b31-18+/t32-/m0/s1. The maximum atomic E-state index is 14.3. The number of carbonyl (C=O) groups is 1. The molecule has 230 valence electrons. The highest BCUT2D eigenvalue weighted by Crippen LogP contribution is 2.35. The molecule has 0 unspecified atom stereocenters. The molecule has 0 bridgehead atoms. The Kier molecular flexibility index (Phi) is 8.65. The lowest BCUT2D eigenvalue weighted by Gasteiger charge is -2.23. The van der Waals surface area contributed by atoms with E-state index in [1.807, 2.05) is 75.4 Å². The van der Waals surface area contributed by atoms with E-state index in [9.17, 15) is 9.59 Å². The Hall–Kier alpha value is -4.60. The fourth-order valence-electron chi connectivity index (χ4n) is 5.76. The Morgan fingerprint density at radius 3 is 2.51 bits per heavy atom. The van der Waals surface area contributed by atoms with Crippen LogP contribution in [0.2, 0.25) is 5.02 Å². The monoisotopic (exact) mass is 641 g/mol. The van der Waals surface area contributed by atoms with E-state index in [0.29, 0.717) is 51.2 Å². The van der Waals surface area contributed by atoms with Gasteiger partial charge in [0.15, 0.2) is 16.3 Å². The lowest BCUT2D eigenvalue weighted by molar-refractivity contribution is -0.136. The summed E-state index contributed by atoms with van der Waals surface area (Å²) in [4.78, 5) is 32.2. The highest BCUT2D eigenvalue weighted by Gasteiger charge is 2.31. The van der Waals surface area contributed by atoms with Crippen LogP contribution in [-0.2, 0) is 16.1 Å². The minimum absolute atomic E-state index is 0.246. The first kappa shape index (κ1) is 30.4. The number of carbonyl (C=O) groups excluding carboxylic acids is 1. The van der Waals surface area contributed by atoms with Crippen LogP contribution >= 0.6 is 22.9 Å². The van der Waals surface area contributed by atoms with Gasteiger partial charge >= 0.3 is 5.97 Å². The van der Waals surface area contributed by atoms with Crippen molar-refractivity contribution in [2.45, 2.75) is 33.4 Å². The molecule has 8 nitrogen and oxygen atoms in total. The number of ether oxygens (including phenoxy) is 3. The van der Waals surface area contributed by atoms with E-state index in [-0.39, 0.29) is 11.1 Å². The molecular weight excluding hydrogens is 610 g/mol. The lowest BCUT2D eigenvalue weighted by Crippen LogP contribution is -2.39. The Morgan fingerprint density at radius 1 is 1.02 bits per heavy atom. The summed E-state index contributed by atoms with van der Waals surface area (Å²) in [5, 5.41) is 1.72. The summed E-state index contributed by atoms with van der Waals surface area (Å²) in [6.45, 7) is 7.32. The molecule has 0 amide bonds. The number of fused-ring (bicyclic) bond motifs is 2. The number of methoxy groups -OCH3 is 1. The summed E-state index contributed by atoms with van der Waals surface area (Å²) in [6.07, 6.45) is 3.41. The molecule has 0 fully saturated rings. The lowest BCUT2D eigenvalue weighted by atomic mass is 9.97. The highest BCUT2D eigenvalue weighted by atomic mass is 35.5. The molecule has 10 heteroatoms. The SMILES string of the molecule is CCOc1ccc([C@H]2C(C(=O)OC)=CN=c3s/c(=C/c4c(C)n(Cc5ccccc5Cl)c5ccccc45)c(=O)n32)cc1OCC. The first-order valence-electron chi connectivity index (χ1n) is 14.7. The molecule has 1 atom stereocenters. The molecule has 6 rings (SSSR count). The van der Waals surface area contributed by atoms with Crippen LogP contribution in [0.5, 0.6) is 11.5 Å². The Labute approximate surface area is 269 Å². The van der Waals surface area contributed by atoms with Crippen LogP contribution in [0.25, 0.3) is 17.0 Å². The molecule has 3 heterocycles. The van der Waals surface area contributed by atoms with Crippen molar-refractivity contribution in [2.75, 3.05) is 20.3 Å². The zero-order chi connectivity index (χ0) is 31.7. The van der Waals surface area contributed by atoms with Crippen LogP contribution in [0, 0.1) is 6.92 Å². The molecule has 0 N–H and O–H groups in total. The van der Waals surface area contributed by atoms with Gasteiger partial charge in [-0.05, 0) is 62.2 Å². The zero-order valence-corrected chi connectivity index (χ0v) is 26.9. The van der Waals surface area contributed by atoms with E-state index in [1.54, 1.807) is 10.6 Å². The topological polar surface area (TPSA) is 84.0 Å². The Balaban J connectivity index is 1.52. The van der Waals surface area contributed by atoms with Gasteiger partial charge in [0.2, 0.25) is 0 Å². The molecule has 1 aliphatic rings. The van der Waals surface area contributed by atoms with Gasteiger partial charge in [-0.25, -0.2) is 9.79 Å². The van der Waals surface area contributed by atoms with E-state index >= 15 is 0 Å². The first-order valence-corrected chi connectivity index (χ1v) is 15.9. The van der Waals surface area contributed by atoms with Crippen molar-refractivity contribution >= 4 is 45.9 Å². The van der Waals surface area contributed by atoms with E-state index in [4.69, 9.17) is 25.8 Å². The van der Waals surface area contributed by atoms with Crippen LogP contribution in [0.15, 0.2) is 88.3 Å². The summed E-state index contributed by atoms with van der Waals surface area (Å²) in [6, 6.07) is 20.6. The quantitative estimate of drug-likeness (QED) is 0.191. The predicted molar refractivity (Wildman–Crippen MR) is 177 cm³/mol. The molecule has 1 aliphatic heterocycles. The van der Waals surface area contributed by atoms with Crippen LogP contribution in [0.4, 0.5) is 0 Å². The molecule has 3 aromatic carbocycles. The number of hydrogen-bond acceptors (Lipinski definition) is 7. The number of aromatic nitrogens is 2. The number of para-hydroxylation sites is 1. The normalized spacial score (nSPS) is 14.6. The molecule has 0 saturated carbocycles. The van der Waals surface area contributed by atoms with E-state index in [1.165, 1.54) is 24.6 Å². The molecule has 0 radical (unpaired) electrons. The summed E-state index contributed by atoms with van der Waals surface area (Å²) in [5.74, 6) is 0.549. The van der Waals surface area contributed by atoms with E-state index in [2.05, 4.69) is 21.7 Å². The average molecular weight is 642 g/mol. The first-order chi connectivity index (χ1) is 21.9. The van der Waals surface area contributed by atoms with Crippen molar-refractivity contribution in [3.63, 3.8) is 0 Å². The van der Waals surface area contributed by atoms with Gasteiger partial charge in [0.05, 0.1) is 36.5 Å². The maximum absolute atomic E-state index is 14.3. The number of benzene rings is 3. The number of thiazole rings is 1. The second-order valence-corrected chi connectivity index (χ2v) is 11.9. The second kappa shape index (κ2) is 12.8. The predicted octanol–water partition coefficient (Wildman–Crippen LogP) is 5.78. The number of halogens is 1. The molecular formula is C35H32ClN3O5S. The maximum Gasteiger partial charge on any atom is 0.337 e. The van der Waals surface area contributed by atoms with Gasteiger partial charge in [-0.15, -0.1) is 0 Å². The van der Waals surface area contributed by atoms with Gasteiger partial charge in [0.1, 0.15) is 0 Å². The molecule has 0 aliphatic carbocycles.